The number of fused-ring (bicyclic) bond motifs is 15. The first-order valence-corrected chi connectivity index (χ1v) is 14.5. The summed E-state index contributed by atoms with van der Waals surface area (Å²) in [5, 5.41) is 8.26. The third-order valence-corrected chi connectivity index (χ3v) is 8.94. The molecule has 200 valence electrons. The molecule has 0 bridgehead atoms. The maximum Gasteiger partial charge on any atom is 0.145 e. The van der Waals surface area contributed by atoms with E-state index in [9.17, 15) is 0 Å². The van der Waals surface area contributed by atoms with Crippen LogP contribution in [0.3, 0.4) is 0 Å². The van der Waals surface area contributed by atoms with Gasteiger partial charge in [-0.05, 0) is 42.5 Å². The fourth-order valence-corrected chi connectivity index (χ4v) is 7.33. The smallest absolute Gasteiger partial charge is 0.145 e. The zero-order valence-corrected chi connectivity index (χ0v) is 23.0. The molecule has 5 nitrogen and oxygen atoms in total. The maximum absolute atomic E-state index is 4.88. The van der Waals surface area contributed by atoms with E-state index in [4.69, 9.17) is 4.98 Å². The van der Waals surface area contributed by atoms with Crippen molar-refractivity contribution in [3.05, 3.63) is 140 Å². The highest BCUT2D eigenvalue weighted by Gasteiger charge is 2.27. The summed E-state index contributed by atoms with van der Waals surface area (Å²) >= 11 is 0. The monoisotopic (exact) mass is 549 g/mol. The minimum atomic E-state index is 0.933. The van der Waals surface area contributed by atoms with Gasteiger partial charge in [-0.2, -0.15) is 0 Å². The largest absolute Gasteiger partial charge is 0.309 e. The van der Waals surface area contributed by atoms with Crippen molar-refractivity contribution in [3.8, 4) is 11.4 Å². The van der Waals surface area contributed by atoms with E-state index in [2.05, 4.69) is 140 Å². The van der Waals surface area contributed by atoms with Crippen molar-refractivity contribution in [3.63, 3.8) is 0 Å². The number of rotatable bonds is 2. The molecule has 0 atom stereocenters. The summed E-state index contributed by atoms with van der Waals surface area (Å²) in [5.74, 6) is 0. The molecule has 0 saturated heterocycles. The molecule has 5 heteroatoms. The molecule has 0 aliphatic heterocycles. The molecule has 0 aliphatic rings. The predicted molar refractivity (Wildman–Crippen MR) is 177 cm³/mol. The van der Waals surface area contributed by atoms with Gasteiger partial charge in [0.15, 0.2) is 0 Å². The van der Waals surface area contributed by atoms with Crippen molar-refractivity contribution in [1.29, 1.82) is 0 Å². The van der Waals surface area contributed by atoms with E-state index in [1.165, 1.54) is 43.5 Å². The maximum atomic E-state index is 4.88. The van der Waals surface area contributed by atoms with Crippen LogP contribution >= 0.6 is 0 Å². The second-order valence-electron chi connectivity index (χ2n) is 11.1. The molecule has 0 saturated carbocycles. The van der Waals surface area contributed by atoms with Gasteiger partial charge in [0, 0.05) is 73.9 Å². The van der Waals surface area contributed by atoms with E-state index >= 15 is 0 Å². The summed E-state index contributed by atoms with van der Waals surface area (Å²) in [6, 6.07) is 41.1. The molecular formula is C38H23N5. The zero-order chi connectivity index (χ0) is 28.1. The van der Waals surface area contributed by atoms with Gasteiger partial charge in [0.1, 0.15) is 5.65 Å². The number of nitrogens with zero attached hydrogens (tertiary/aromatic N) is 5. The molecule has 0 aliphatic carbocycles. The van der Waals surface area contributed by atoms with Gasteiger partial charge in [0.2, 0.25) is 0 Å². The molecule has 0 spiro atoms. The van der Waals surface area contributed by atoms with Crippen LogP contribution in [0.25, 0.3) is 82.3 Å². The van der Waals surface area contributed by atoms with E-state index < -0.39 is 0 Å². The van der Waals surface area contributed by atoms with Crippen molar-refractivity contribution < 1.29 is 0 Å². The van der Waals surface area contributed by atoms with Crippen molar-refractivity contribution >= 4 is 70.9 Å². The lowest BCUT2D eigenvalue weighted by atomic mass is 9.98. The van der Waals surface area contributed by atoms with Crippen LogP contribution in [0, 0.1) is 0 Å². The molecule has 5 heterocycles. The first-order valence-electron chi connectivity index (χ1n) is 14.5. The molecule has 0 fully saturated rings. The van der Waals surface area contributed by atoms with Crippen LogP contribution in [-0.2, 0) is 0 Å². The van der Waals surface area contributed by atoms with Crippen LogP contribution in [0.4, 0.5) is 0 Å². The van der Waals surface area contributed by atoms with E-state index in [-0.39, 0.29) is 0 Å². The van der Waals surface area contributed by atoms with Crippen LogP contribution in [-0.4, -0.2) is 23.5 Å². The van der Waals surface area contributed by atoms with Crippen LogP contribution in [0.2, 0.25) is 0 Å². The van der Waals surface area contributed by atoms with Crippen molar-refractivity contribution in [2.75, 3.05) is 0 Å². The van der Waals surface area contributed by atoms with E-state index in [1.54, 1.807) is 0 Å². The van der Waals surface area contributed by atoms with Gasteiger partial charge in [0.25, 0.3) is 0 Å². The summed E-state index contributed by atoms with van der Waals surface area (Å²) in [6.07, 6.45) is 7.90. The fraction of sp³-hybridized carbons (Fsp3) is 0. The standard InChI is InChI=1S/C38H23N5/c1-3-11-24(12-4-1)42-30-17-9-7-15-27(30)32-33-29-23-39-20-19-26(29)38-40-21-22-41(38)36(33)37-34(35(32)42)28-16-8-10-18-31(28)43(37)25-13-5-2-6-14-25/h1-23H. The summed E-state index contributed by atoms with van der Waals surface area (Å²) in [6.45, 7) is 0. The van der Waals surface area contributed by atoms with Gasteiger partial charge < -0.3 is 9.13 Å². The Morgan fingerprint density at radius 2 is 1.02 bits per heavy atom. The number of benzene rings is 5. The molecule has 0 amide bonds. The lowest BCUT2D eigenvalue weighted by Crippen LogP contribution is -2.00. The van der Waals surface area contributed by atoms with Crippen LogP contribution in [0.15, 0.2) is 140 Å². The topological polar surface area (TPSA) is 40.1 Å². The van der Waals surface area contributed by atoms with Crippen molar-refractivity contribution in [2.24, 2.45) is 0 Å². The lowest BCUT2D eigenvalue weighted by molar-refractivity contribution is 1.17. The summed E-state index contributed by atoms with van der Waals surface area (Å²) in [7, 11) is 0. The SMILES string of the molecule is c1ccc(-n2c3ccccc3c3c4c5cnccc5c5nccn5c4c4c(c5ccccc5n4-c4ccccc4)c32)cc1. The molecule has 5 aromatic carbocycles. The quantitative estimate of drug-likeness (QED) is 0.202. The van der Waals surface area contributed by atoms with Gasteiger partial charge in [0.05, 0.1) is 27.6 Å². The Morgan fingerprint density at radius 1 is 0.442 bits per heavy atom. The second kappa shape index (κ2) is 8.30. The third-order valence-electron chi connectivity index (χ3n) is 8.94. The van der Waals surface area contributed by atoms with Gasteiger partial charge in [-0.3, -0.25) is 9.38 Å². The molecule has 43 heavy (non-hydrogen) atoms. The van der Waals surface area contributed by atoms with Gasteiger partial charge >= 0.3 is 0 Å². The molecule has 5 aromatic heterocycles. The average molecular weight is 550 g/mol. The number of pyridine rings is 2. The van der Waals surface area contributed by atoms with Crippen LogP contribution in [0.5, 0.6) is 0 Å². The molecule has 10 rings (SSSR count). The highest BCUT2D eigenvalue weighted by Crippen LogP contribution is 2.48. The molecule has 0 N–H and O–H groups in total. The van der Waals surface area contributed by atoms with E-state index in [0.29, 0.717) is 0 Å². The number of hydrogen-bond acceptors (Lipinski definition) is 2. The van der Waals surface area contributed by atoms with Crippen LogP contribution in [0.1, 0.15) is 0 Å². The Labute approximate surface area is 245 Å². The molecule has 10 aromatic rings. The Balaban J connectivity index is 1.66. The van der Waals surface area contributed by atoms with Gasteiger partial charge in [-0.15, -0.1) is 0 Å². The number of para-hydroxylation sites is 4. The first kappa shape index (κ1) is 22.7. The highest BCUT2D eigenvalue weighted by molar-refractivity contribution is 6.40. The summed E-state index contributed by atoms with van der Waals surface area (Å²) in [5.41, 5.74) is 9.02. The van der Waals surface area contributed by atoms with E-state index in [1.807, 2.05) is 18.6 Å². The number of imidazole rings is 1. The molecule has 0 unspecified atom stereocenters. The minimum Gasteiger partial charge on any atom is -0.309 e. The highest BCUT2D eigenvalue weighted by atomic mass is 15.1. The normalized spacial score (nSPS) is 12.2. The predicted octanol–water partition coefficient (Wildman–Crippen LogP) is 9.23. The average Bonchev–Trinajstić information content (AvgIpc) is 3.78. The van der Waals surface area contributed by atoms with Crippen LogP contribution < -0.4 is 0 Å². The zero-order valence-electron chi connectivity index (χ0n) is 23.0. The Hall–Kier alpha value is -5.94. The van der Waals surface area contributed by atoms with Gasteiger partial charge in [-0.1, -0.05) is 72.8 Å². The van der Waals surface area contributed by atoms with Crippen molar-refractivity contribution in [2.45, 2.75) is 0 Å². The van der Waals surface area contributed by atoms with Gasteiger partial charge in [-0.25, -0.2) is 4.98 Å². The number of aromatic nitrogens is 5. The first-order chi connectivity index (χ1) is 21.4. The fourth-order valence-electron chi connectivity index (χ4n) is 7.33. The van der Waals surface area contributed by atoms with Crippen molar-refractivity contribution in [1.82, 2.24) is 23.5 Å². The van der Waals surface area contributed by atoms with E-state index in [0.717, 1.165) is 38.8 Å². The number of hydrogen-bond donors (Lipinski definition) is 0. The summed E-state index contributed by atoms with van der Waals surface area (Å²) < 4.78 is 7.17. The third kappa shape index (κ3) is 2.85. The minimum absolute atomic E-state index is 0.933. The Bertz CT molecular complexity index is 2710. The molecular weight excluding hydrogens is 526 g/mol. The Morgan fingerprint density at radius 3 is 1.72 bits per heavy atom. The molecule has 0 radical (unpaired) electrons. The second-order valence-corrected chi connectivity index (χ2v) is 11.1. The summed E-state index contributed by atoms with van der Waals surface area (Å²) in [4.78, 5) is 9.53. The Kier molecular flexibility index (Phi) is 4.39. The lowest BCUT2D eigenvalue weighted by Gasteiger charge is -2.16.